The Bertz CT molecular complexity index is 370. The monoisotopic (exact) mass is 246 g/mol. The molecular formula is C10H16F2N4O. The van der Waals surface area contributed by atoms with Crippen LogP contribution in [0, 0.1) is 13.8 Å². The van der Waals surface area contributed by atoms with Crippen molar-refractivity contribution in [3.63, 3.8) is 0 Å². The molecule has 96 valence electrons. The standard InChI is InChI=1S/C10H16F2N4O/c1-6-8(7(2)17-16-6)4-14-10(13-3)15-5-9(11)12/h9H,4-5H2,1-3H3,(H2,13,14,15). The van der Waals surface area contributed by atoms with Gasteiger partial charge < -0.3 is 15.2 Å². The van der Waals surface area contributed by atoms with E-state index in [1.807, 2.05) is 6.92 Å². The molecule has 0 atom stereocenters. The van der Waals surface area contributed by atoms with Crippen molar-refractivity contribution >= 4 is 5.96 Å². The molecule has 0 fully saturated rings. The lowest BCUT2D eigenvalue weighted by Gasteiger charge is -2.11. The van der Waals surface area contributed by atoms with Crippen LogP contribution in [0.5, 0.6) is 0 Å². The number of hydrogen-bond acceptors (Lipinski definition) is 3. The van der Waals surface area contributed by atoms with Gasteiger partial charge in [0.1, 0.15) is 5.76 Å². The third-order valence-electron chi connectivity index (χ3n) is 2.26. The summed E-state index contributed by atoms with van der Waals surface area (Å²) in [6.07, 6.45) is -2.41. The fourth-order valence-electron chi connectivity index (χ4n) is 1.32. The Morgan fingerprint density at radius 1 is 1.41 bits per heavy atom. The van der Waals surface area contributed by atoms with Crippen LogP contribution in [-0.4, -0.2) is 31.1 Å². The van der Waals surface area contributed by atoms with Crippen molar-refractivity contribution in [2.45, 2.75) is 26.8 Å². The molecule has 0 radical (unpaired) electrons. The highest BCUT2D eigenvalue weighted by atomic mass is 19.3. The summed E-state index contributed by atoms with van der Waals surface area (Å²) in [7, 11) is 1.52. The van der Waals surface area contributed by atoms with Gasteiger partial charge in [0.05, 0.1) is 12.2 Å². The van der Waals surface area contributed by atoms with Crippen molar-refractivity contribution in [3.05, 3.63) is 17.0 Å². The zero-order valence-corrected chi connectivity index (χ0v) is 10.1. The van der Waals surface area contributed by atoms with Crippen LogP contribution in [0.15, 0.2) is 9.52 Å². The van der Waals surface area contributed by atoms with Crippen LogP contribution in [0.2, 0.25) is 0 Å². The Kier molecular flexibility index (Phi) is 4.86. The number of nitrogens with zero attached hydrogens (tertiary/aromatic N) is 2. The van der Waals surface area contributed by atoms with E-state index in [-0.39, 0.29) is 0 Å². The quantitative estimate of drug-likeness (QED) is 0.619. The lowest BCUT2D eigenvalue weighted by molar-refractivity contribution is 0.152. The molecule has 1 rings (SSSR count). The Morgan fingerprint density at radius 2 is 2.12 bits per heavy atom. The highest BCUT2D eigenvalue weighted by Gasteiger charge is 2.10. The lowest BCUT2D eigenvalue weighted by Crippen LogP contribution is -2.39. The summed E-state index contributed by atoms with van der Waals surface area (Å²) >= 11 is 0. The molecule has 0 aromatic carbocycles. The normalized spacial score (nSPS) is 12.0. The molecule has 0 saturated carbocycles. The van der Waals surface area contributed by atoms with Crippen LogP contribution in [0.3, 0.4) is 0 Å². The second kappa shape index (κ2) is 6.17. The third kappa shape index (κ3) is 4.01. The van der Waals surface area contributed by atoms with E-state index in [2.05, 4.69) is 20.8 Å². The number of aliphatic imine (C=N–C) groups is 1. The molecule has 7 heteroatoms. The molecule has 0 saturated heterocycles. The summed E-state index contributed by atoms with van der Waals surface area (Å²) in [5.41, 5.74) is 1.68. The largest absolute Gasteiger partial charge is 0.361 e. The molecule has 2 N–H and O–H groups in total. The van der Waals surface area contributed by atoms with Gasteiger partial charge in [-0.1, -0.05) is 5.16 Å². The second-order valence-corrected chi connectivity index (χ2v) is 3.50. The van der Waals surface area contributed by atoms with E-state index in [0.717, 1.165) is 11.3 Å². The van der Waals surface area contributed by atoms with Crippen molar-refractivity contribution in [2.75, 3.05) is 13.6 Å². The Balaban J connectivity index is 2.49. The molecule has 0 aliphatic rings. The fourth-order valence-corrected chi connectivity index (χ4v) is 1.32. The summed E-state index contributed by atoms with van der Waals surface area (Å²) in [6, 6.07) is 0. The van der Waals surface area contributed by atoms with Gasteiger partial charge in [0.15, 0.2) is 5.96 Å². The van der Waals surface area contributed by atoms with E-state index in [9.17, 15) is 8.78 Å². The molecule has 1 heterocycles. The minimum atomic E-state index is -2.41. The molecular weight excluding hydrogens is 230 g/mol. The number of alkyl halides is 2. The number of guanidine groups is 1. The molecule has 1 aromatic rings. The third-order valence-corrected chi connectivity index (χ3v) is 2.26. The average Bonchev–Trinajstić information content (AvgIpc) is 2.59. The summed E-state index contributed by atoms with van der Waals surface area (Å²) in [6.45, 7) is 3.63. The molecule has 0 aliphatic heterocycles. The highest BCUT2D eigenvalue weighted by Crippen LogP contribution is 2.11. The molecule has 0 amide bonds. The van der Waals surface area contributed by atoms with Gasteiger partial charge >= 0.3 is 0 Å². The van der Waals surface area contributed by atoms with Crippen molar-refractivity contribution < 1.29 is 13.3 Å². The second-order valence-electron chi connectivity index (χ2n) is 3.50. The lowest BCUT2D eigenvalue weighted by atomic mass is 10.2. The Morgan fingerprint density at radius 3 is 2.59 bits per heavy atom. The first-order valence-corrected chi connectivity index (χ1v) is 5.19. The molecule has 0 spiro atoms. The number of aromatic nitrogens is 1. The zero-order chi connectivity index (χ0) is 12.8. The average molecular weight is 246 g/mol. The number of hydrogen-bond donors (Lipinski definition) is 2. The molecule has 0 aliphatic carbocycles. The first-order chi connectivity index (χ1) is 8.04. The van der Waals surface area contributed by atoms with E-state index in [0.29, 0.717) is 18.3 Å². The van der Waals surface area contributed by atoms with E-state index >= 15 is 0 Å². The molecule has 5 nitrogen and oxygen atoms in total. The maximum absolute atomic E-state index is 12.0. The predicted octanol–water partition coefficient (Wildman–Crippen LogP) is 1.22. The van der Waals surface area contributed by atoms with Gasteiger partial charge in [-0.2, -0.15) is 0 Å². The number of nitrogens with one attached hydrogen (secondary N) is 2. The molecule has 0 bridgehead atoms. The van der Waals surface area contributed by atoms with Crippen LogP contribution in [-0.2, 0) is 6.54 Å². The summed E-state index contributed by atoms with van der Waals surface area (Å²) in [4.78, 5) is 3.83. The van der Waals surface area contributed by atoms with Crippen LogP contribution in [0.4, 0.5) is 8.78 Å². The van der Waals surface area contributed by atoms with Gasteiger partial charge in [0.2, 0.25) is 0 Å². The first kappa shape index (κ1) is 13.4. The van der Waals surface area contributed by atoms with E-state index in [1.54, 1.807) is 6.92 Å². The molecule has 0 unspecified atom stereocenters. The summed E-state index contributed by atoms with van der Waals surface area (Å²) in [5.74, 6) is 1.03. The van der Waals surface area contributed by atoms with Crippen LogP contribution in [0.1, 0.15) is 17.0 Å². The van der Waals surface area contributed by atoms with Crippen molar-refractivity contribution in [1.29, 1.82) is 0 Å². The fraction of sp³-hybridized carbons (Fsp3) is 0.600. The van der Waals surface area contributed by atoms with Crippen molar-refractivity contribution in [1.82, 2.24) is 15.8 Å². The van der Waals surface area contributed by atoms with E-state index in [4.69, 9.17) is 4.52 Å². The number of aryl methyl sites for hydroxylation is 2. The highest BCUT2D eigenvalue weighted by molar-refractivity contribution is 5.79. The molecule has 17 heavy (non-hydrogen) atoms. The van der Waals surface area contributed by atoms with Crippen LogP contribution < -0.4 is 10.6 Å². The smallest absolute Gasteiger partial charge is 0.255 e. The Hall–Kier alpha value is -1.66. The summed E-state index contributed by atoms with van der Waals surface area (Å²) in [5, 5.41) is 9.22. The van der Waals surface area contributed by atoms with E-state index < -0.39 is 13.0 Å². The molecule has 1 aromatic heterocycles. The van der Waals surface area contributed by atoms with Crippen molar-refractivity contribution in [3.8, 4) is 0 Å². The van der Waals surface area contributed by atoms with Crippen LogP contribution >= 0.6 is 0 Å². The van der Waals surface area contributed by atoms with Gasteiger partial charge in [-0.05, 0) is 13.8 Å². The van der Waals surface area contributed by atoms with Gasteiger partial charge in [-0.3, -0.25) is 4.99 Å². The predicted molar refractivity (Wildman–Crippen MR) is 60.2 cm³/mol. The maximum Gasteiger partial charge on any atom is 0.255 e. The minimum Gasteiger partial charge on any atom is -0.361 e. The van der Waals surface area contributed by atoms with Gasteiger partial charge in [-0.25, -0.2) is 8.78 Å². The Labute approximate surface area is 98.3 Å². The topological polar surface area (TPSA) is 62.5 Å². The SMILES string of the molecule is CN=C(NCc1c(C)noc1C)NCC(F)F. The number of rotatable bonds is 4. The van der Waals surface area contributed by atoms with Crippen molar-refractivity contribution in [2.24, 2.45) is 4.99 Å². The zero-order valence-electron chi connectivity index (χ0n) is 10.1. The first-order valence-electron chi connectivity index (χ1n) is 5.19. The van der Waals surface area contributed by atoms with Gasteiger partial charge in [-0.15, -0.1) is 0 Å². The number of halogens is 2. The van der Waals surface area contributed by atoms with Gasteiger partial charge in [0.25, 0.3) is 6.43 Å². The van der Waals surface area contributed by atoms with E-state index in [1.165, 1.54) is 7.05 Å². The minimum absolute atomic E-state index is 0.324. The maximum atomic E-state index is 12.0. The van der Waals surface area contributed by atoms with Gasteiger partial charge in [0, 0.05) is 19.2 Å². The van der Waals surface area contributed by atoms with Crippen LogP contribution in [0.25, 0.3) is 0 Å². The summed E-state index contributed by atoms with van der Waals surface area (Å²) < 4.78 is 29.0.